The maximum absolute atomic E-state index is 16.1. The number of benzene rings is 4. The highest BCUT2D eigenvalue weighted by Gasteiger charge is 2.37. The lowest BCUT2D eigenvalue weighted by atomic mass is 10.0. The van der Waals surface area contributed by atoms with Crippen molar-refractivity contribution in [3.63, 3.8) is 0 Å². The number of sulfonamides is 1. The van der Waals surface area contributed by atoms with Gasteiger partial charge in [-0.25, -0.2) is 40.9 Å². The molecule has 0 spiro atoms. The molecule has 0 aliphatic carbocycles. The van der Waals surface area contributed by atoms with Crippen molar-refractivity contribution in [1.29, 1.82) is 0 Å². The van der Waals surface area contributed by atoms with Gasteiger partial charge in [0.25, 0.3) is 10.0 Å². The lowest BCUT2D eigenvalue weighted by Crippen LogP contribution is -2.44. The van der Waals surface area contributed by atoms with Crippen LogP contribution in [0.25, 0.3) is 22.0 Å². The van der Waals surface area contributed by atoms with E-state index in [0.717, 1.165) is 10.6 Å². The van der Waals surface area contributed by atoms with Crippen molar-refractivity contribution in [2.24, 2.45) is 0 Å². The van der Waals surface area contributed by atoms with Gasteiger partial charge in [0, 0.05) is 51.3 Å². The number of rotatable bonds is 11. The van der Waals surface area contributed by atoms with Crippen LogP contribution in [0.2, 0.25) is 5.02 Å². The minimum Gasteiger partial charge on any atom is -0.497 e. The minimum atomic E-state index is -4.88. The van der Waals surface area contributed by atoms with Crippen molar-refractivity contribution in [1.82, 2.24) is 19.1 Å². The van der Waals surface area contributed by atoms with Crippen LogP contribution in [0, 0.1) is 11.6 Å². The number of ether oxygens (including phenoxy) is 5. The molecule has 17 nitrogen and oxygen atoms in total. The van der Waals surface area contributed by atoms with Crippen LogP contribution in [0.3, 0.4) is 0 Å². The molecule has 0 bridgehead atoms. The zero-order valence-electron chi connectivity index (χ0n) is 34.8. The number of carbonyl (C=O) groups is 3. The molecular formula is C41H39ClF2N6O11S2. The number of anilines is 2. The highest BCUT2D eigenvalue weighted by atomic mass is 35.5. The average Bonchev–Trinajstić information content (AvgIpc) is 3.86. The number of amides is 2. The van der Waals surface area contributed by atoms with Gasteiger partial charge in [-0.15, -0.1) is 5.10 Å². The van der Waals surface area contributed by atoms with E-state index in [1.807, 2.05) is 0 Å². The zero-order chi connectivity index (χ0) is 46.2. The van der Waals surface area contributed by atoms with E-state index < -0.39 is 74.1 Å². The van der Waals surface area contributed by atoms with Crippen LogP contribution in [-0.4, -0.2) is 76.4 Å². The van der Waals surface area contributed by atoms with E-state index in [-0.39, 0.29) is 43.7 Å². The number of hydrogen-bond donors (Lipinski definition) is 1. The van der Waals surface area contributed by atoms with Crippen LogP contribution >= 0.6 is 23.1 Å². The van der Waals surface area contributed by atoms with E-state index in [9.17, 15) is 27.9 Å². The van der Waals surface area contributed by atoms with Gasteiger partial charge in [-0.2, -0.15) is 14.0 Å². The molecule has 0 unspecified atom stereocenters. The van der Waals surface area contributed by atoms with Crippen molar-refractivity contribution in [3.8, 4) is 34.1 Å². The second-order valence-electron chi connectivity index (χ2n) is 15.4. The summed E-state index contributed by atoms with van der Waals surface area (Å²) in [6, 6.07) is 13.9. The summed E-state index contributed by atoms with van der Waals surface area (Å²) in [4.78, 5) is 43.0. The van der Waals surface area contributed by atoms with Crippen molar-refractivity contribution >= 4 is 73.3 Å². The topological polar surface area (TPSA) is 202 Å². The molecular weight excluding hydrogens is 890 g/mol. The summed E-state index contributed by atoms with van der Waals surface area (Å²) in [5.74, 6) is -3.30. The Morgan fingerprint density at radius 2 is 1.52 bits per heavy atom. The number of carboxylic acid groups (broad SMARTS) is 1. The van der Waals surface area contributed by atoms with Gasteiger partial charge in [0.1, 0.15) is 45.5 Å². The second-order valence-corrected chi connectivity index (χ2v) is 18.4. The van der Waals surface area contributed by atoms with E-state index in [1.54, 1.807) is 53.7 Å². The Labute approximate surface area is 368 Å². The first-order valence-electron chi connectivity index (χ1n) is 18.5. The SMILES string of the molecule is COc1ccc(CN(c2ncns2)S(=O)(=O)c2cc(F)c(Oc3ccc(Cl)cc3-c3ccc4c(c3)c(N(C(=O)OC(C)(C)C)C(=O)OC(C)(C)C)nn4C(=O)O)cc2F)c(OC)c1. The second kappa shape index (κ2) is 17.7. The molecule has 6 aromatic rings. The minimum absolute atomic E-state index is 0.0587. The number of fused-ring (bicyclic) bond motifs is 1. The normalized spacial score (nSPS) is 11.9. The summed E-state index contributed by atoms with van der Waals surface area (Å²) in [6.07, 6.45) is -2.89. The Bertz CT molecular complexity index is 2820. The van der Waals surface area contributed by atoms with E-state index in [4.69, 9.17) is 35.3 Å². The van der Waals surface area contributed by atoms with E-state index in [2.05, 4.69) is 14.5 Å². The smallest absolute Gasteiger partial charge is 0.432 e. The lowest BCUT2D eigenvalue weighted by Gasteiger charge is -2.27. The van der Waals surface area contributed by atoms with Crippen LogP contribution in [0.4, 0.5) is 34.1 Å². The van der Waals surface area contributed by atoms with Gasteiger partial charge in [0.2, 0.25) is 5.13 Å². The molecule has 2 heterocycles. The maximum Gasteiger partial charge on any atom is 0.432 e. The number of halogens is 3. The van der Waals surface area contributed by atoms with E-state index in [0.29, 0.717) is 44.6 Å². The molecule has 0 aliphatic rings. The summed E-state index contributed by atoms with van der Waals surface area (Å²) < 4.78 is 93.2. The number of nitrogens with zero attached hydrogens (tertiary/aromatic N) is 6. The van der Waals surface area contributed by atoms with Gasteiger partial charge >= 0.3 is 18.3 Å². The maximum atomic E-state index is 16.1. The lowest BCUT2D eigenvalue weighted by molar-refractivity contribution is 0.0428. The standard InChI is InChI=1S/C41H39ClF2N6O11S2/c1-40(2,3)60-38(53)49(39(54)61-41(4,5)6)35-27-15-22(10-13-30(27)50(47-35)37(51)52)26-16-24(42)11-14-31(26)59-33-18-29(44)34(19-28(33)43)63(55,56)48(36-45-21-46-62-36)20-23-9-12-25(57-7)17-32(23)58-8/h9-19,21H,20H2,1-8H3,(H,51,52). The van der Waals surface area contributed by atoms with Gasteiger partial charge in [-0.05, 0) is 89.6 Å². The quantitative estimate of drug-likeness (QED) is 0.129. The van der Waals surface area contributed by atoms with Crippen LogP contribution in [0.5, 0.6) is 23.0 Å². The van der Waals surface area contributed by atoms with Gasteiger partial charge in [-0.1, -0.05) is 17.7 Å². The Balaban J connectivity index is 1.42. The van der Waals surface area contributed by atoms with Crippen molar-refractivity contribution < 1.29 is 60.4 Å². The van der Waals surface area contributed by atoms with Gasteiger partial charge in [0.05, 0.1) is 26.3 Å². The Hall–Kier alpha value is -6.58. The Morgan fingerprint density at radius 3 is 2.11 bits per heavy atom. The fraction of sp³-hybridized carbons (Fsp3) is 0.268. The molecule has 4 aromatic carbocycles. The van der Waals surface area contributed by atoms with Crippen LogP contribution in [0.1, 0.15) is 47.1 Å². The number of imide groups is 1. The highest BCUT2D eigenvalue weighted by Crippen LogP contribution is 2.41. The summed E-state index contributed by atoms with van der Waals surface area (Å²) in [7, 11) is -2.07. The van der Waals surface area contributed by atoms with Crippen LogP contribution in [0.15, 0.2) is 78.0 Å². The molecule has 0 atom stereocenters. The first-order chi connectivity index (χ1) is 29.5. The van der Waals surface area contributed by atoms with Crippen molar-refractivity contribution in [2.75, 3.05) is 23.4 Å². The van der Waals surface area contributed by atoms with Crippen LogP contribution in [-0.2, 0) is 26.0 Å². The predicted octanol–water partition coefficient (Wildman–Crippen LogP) is 9.89. The summed E-state index contributed by atoms with van der Waals surface area (Å²) in [5, 5.41) is 14.1. The van der Waals surface area contributed by atoms with Gasteiger partial charge in [0.15, 0.2) is 17.4 Å². The van der Waals surface area contributed by atoms with E-state index in [1.165, 1.54) is 56.7 Å². The molecule has 2 aromatic heterocycles. The molecule has 0 saturated carbocycles. The fourth-order valence-electron chi connectivity index (χ4n) is 5.95. The van der Waals surface area contributed by atoms with Crippen molar-refractivity contribution in [2.45, 2.75) is 64.2 Å². The zero-order valence-corrected chi connectivity index (χ0v) is 37.2. The third kappa shape index (κ3) is 10.1. The number of hydrogen-bond acceptors (Lipinski definition) is 14. The molecule has 63 heavy (non-hydrogen) atoms. The number of methoxy groups -OCH3 is 2. The molecule has 0 radical (unpaired) electrons. The first-order valence-corrected chi connectivity index (χ1v) is 21.1. The summed E-state index contributed by atoms with van der Waals surface area (Å²) in [6.45, 7) is 8.94. The molecule has 6 rings (SSSR count). The highest BCUT2D eigenvalue weighted by molar-refractivity contribution is 7.93. The first kappa shape index (κ1) is 45.9. The predicted molar refractivity (Wildman–Crippen MR) is 228 cm³/mol. The monoisotopic (exact) mass is 928 g/mol. The molecule has 22 heteroatoms. The number of carbonyl (C=O) groups excluding carboxylic acids is 2. The molecule has 1 N–H and O–H groups in total. The summed E-state index contributed by atoms with van der Waals surface area (Å²) in [5.41, 5.74) is -1.60. The van der Waals surface area contributed by atoms with Gasteiger partial charge in [-0.3, -0.25) is 0 Å². The molecule has 2 amide bonds. The largest absolute Gasteiger partial charge is 0.497 e. The average molecular weight is 929 g/mol. The van der Waals surface area contributed by atoms with Gasteiger partial charge < -0.3 is 28.8 Å². The van der Waals surface area contributed by atoms with E-state index >= 15 is 8.78 Å². The third-order valence-corrected chi connectivity index (χ3v) is 11.4. The third-order valence-electron chi connectivity index (χ3n) is 8.60. The van der Waals surface area contributed by atoms with Crippen LogP contribution < -0.4 is 23.4 Å². The Kier molecular flexibility index (Phi) is 12.9. The molecule has 332 valence electrons. The molecule has 0 fully saturated rings. The fourth-order valence-corrected chi connectivity index (χ4v) is 8.32. The molecule has 0 saturated heterocycles. The number of aromatic nitrogens is 4. The Morgan fingerprint density at radius 1 is 0.841 bits per heavy atom. The molecule has 0 aliphatic heterocycles. The van der Waals surface area contributed by atoms with Crippen molar-refractivity contribution in [3.05, 3.63) is 95.3 Å². The summed E-state index contributed by atoms with van der Waals surface area (Å²) >= 11 is 7.11.